The van der Waals surface area contributed by atoms with Crippen molar-refractivity contribution in [2.75, 3.05) is 19.7 Å². The first-order valence-corrected chi connectivity index (χ1v) is 11.9. The predicted octanol–water partition coefficient (Wildman–Crippen LogP) is 4.26. The summed E-state index contributed by atoms with van der Waals surface area (Å²) in [6.45, 7) is 6.17. The number of likely N-dealkylation sites (tertiary alicyclic amines) is 1. The molecule has 2 N–H and O–H groups in total. The molecule has 1 aliphatic carbocycles. The Morgan fingerprint density at radius 3 is 2.24 bits per heavy atom. The fourth-order valence-corrected chi connectivity index (χ4v) is 5.17. The van der Waals surface area contributed by atoms with Crippen LogP contribution in [0, 0.1) is 11.3 Å². The summed E-state index contributed by atoms with van der Waals surface area (Å²) in [5, 5.41) is 12.3. The summed E-state index contributed by atoms with van der Waals surface area (Å²) < 4.78 is 5.59. The molecule has 0 aromatic heterocycles. The maximum absolute atomic E-state index is 13.3. The van der Waals surface area contributed by atoms with Gasteiger partial charge in [0.05, 0.1) is 5.41 Å². The molecule has 3 atom stereocenters. The lowest BCUT2D eigenvalue weighted by molar-refractivity contribution is -0.153. The summed E-state index contributed by atoms with van der Waals surface area (Å²) >= 11 is 0. The summed E-state index contributed by atoms with van der Waals surface area (Å²) in [5.74, 6) is -1.37. The number of nitrogens with one attached hydrogen (secondary N) is 1. The fourth-order valence-electron chi connectivity index (χ4n) is 5.17. The Hall–Kier alpha value is -3.35. The second kappa shape index (κ2) is 9.49. The molecule has 34 heavy (non-hydrogen) atoms. The molecule has 7 heteroatoms. The van der Waals surface area contributed by atoms with Gasteiger partial charge >= 0.3 is 12.1 Å². The second-order valence-corrected chi connectivity index (χ2v) is 9.64. The molecule has 2 aromatic carbocycles. The van der Waals surface area contributed by atoms with Crippen LogP contribution in [0.4, 0.5) is 4.79 Å². The molecule has 1 fully saturated rings. The molecule has 180 valence electrons. The first kappa shape index (κ1) is 23.8. The fraction of sp³-hybridized carbons (Fsp3) is 0.444. The van der Waals surface area contributed by atoms with Crippen LogP contribution in [0.25, 0.3) is 11.1 Å². The number of fused-ring (bicyclic) bond motifs is 3. The number of ether oxygens (including phenoxy) is 1. The zero-order valence-electron chi connectivity index (χ0n) is 19.9. The van der Waals surface area contributed by atoms with Gasteiger partial charge in [-0.05, 0) is 47.9 Å². The number of alkyl carbamates (subject to hydrolysis) is 1. The molecule has 2 aromatic rings. The molecule has 2 amide bonds. The normalized spacial score (nSPS) is 20.9. The van der Waals surface area contributed by atoms with Gasteiger partial charge in [0.2, 0.25) is 5.91 Å². The van der Waals surface area contributed by atoms with Crippen molar-refractivity contribution >= 4 is 18.0 Å². The third-order valence-corrected chi connectivity index (χ3v) is 7.48. The molecular formula is C27H32N2O5. The zero-order chi connectivity index (χ0) is 24.5. The molecule has 0 radical (unpaired) electrons. The number of amides is 2. The van der Waals surface area contributed by atoms with Gasteiger partial charge in [0.25, 0.3) is 0 Å². The maximum Gasteiger partial charge on any atom is 0.407 e. The predicted molar refractivity (Wildman–Crippen MR) is 128 cm³/mol. The minimum Gasteiger partial charge on any atom is -0.480 e. The van der Waals surface area contributed by atoms with Gasteiger partial charge in [-0.1, -0.05) is 62.4 Å². The van der Waals surface area contributed by atoms with Gasteiger partial charge in [-0.2, -0.15) is 0 Å². The van der Waals surface area contributed by atoms with Gasteiger partial charge in [0.15, 0.2) is 0 Å². The van der Waals surface area contributed by atoms with Crippen LogP contribution in [0.1, 0.15) is 50.7 Å². The number of nitrogens with zero attached hydrogens (tertiary/aromatic N) is 1. The monoisotopic (exact) mass is 464 g/mol. The van der Waals surface area contributed by atoms with E-state index in [1.165, 1.54) is 4.90 Å². The molecule has 7 nitrogen and oxygen atoms in total. The van der Waals surface area contributed by atoms with Crippen LogP contribution in [-0.4, -0.2) is 53.7 Å². The average molecular weight is 465 g/mol. The van der Waals surface area contributed by atoms with Gasteiger partial charge in [-0.15, -0.1) is 0 Å². The minimum absolute atomic E-state index is 0.0419. The van der Waals surface area contributed by atoms with E-state index in [-0.39, 0.29) is 30.9 Å². The van der Waals surface area contributed by atoms with E-state index in [4.69, 9.17) is 4.74 Å². The first-order chi connectivity index (χ1) is 16.3. The first-order valence-electron chi connectivity index (χ1n) is 11.9. The SMILES string of the molecule is CCC(C)(CNC(=O)OCC1c2ccccc2-c2ccccc21)C(=O)N1CCC(C)C1C(=O)O. The van der Waals surface area contributed by atoms with Crippen molar-refractivity contribution < 1.29 is 24.2 Å². The topological polar surface area (TPSA) is 95.9 Å². The number of hydrogen-bond donors (Lipinski definition) is 2. The summed E-state index contributed by atoms with van der Waals surface area (Å²) in [4.78, 5) is 39.1. The molecule has 4 rings (SSSR count). The highest BCUT2D eigenvalue weighted by Crippen LogP contribution is 2.44. The van der Waals surface area contributed by atoms with Crippen molar-refractivity contribution in [3.63, 3.8) is 0 Å². The van der Waals surface area contributed by atoms with E-state index in [0.29, 0.717) is 19.4 Å². The Bertz CT molecular complexity index is 1050. The van der Waals surface area contributed by atoms with Gasteiger partial charge in [0.1, 0.15) is 12.6 Å². The third-order valence-electron chi connectivity index (χ3n) is 7.48. The second-order valence-electron chi connectivity index (χ2n) is 9.64. The summed E-state index contributed by atoms with van der Waals surface area (Å²) in [6.07, 6.45) is 0.536. The number of carboxylic acids is 1. The molecule has 0 spiro atoms. The highest BCUT2D eigenvalue weighted by molar-refractivity contribution is 5.88. The lowest BCUT2D eigenvalue weighted by Crippen LogP contribution is -2.52. The number of rotatable bonds is 7. The Morgan fingerprint density at radius 2 is 1.68 bits per heavy atom. The Balaban J connectivity index is 1.39. The van der Waals surface area contributed by atoms with E-state index >= 15 is 0 Å². The van der Waals surface area contributed by atoms with Crippen molar-refractivity contribution in [3.05, 3.63) is 59.7 Å². The van der Waals surface area contributed by atoms with E-state index < -0.39 is 23.5 Å². The lowest BCUT2D eigenvalue weighted by Gasteiger charge is -2.34. The molecule has 2 aliphatic rings. The molecule has 1 heterocycles. The van der Waals surface area contributed by atoms with E-state index in [1.807, 2.05) is 38.1 Å². The lowest BCUT2D eigenvalue weighted by atomic mass is 9.85. The quantitative estimate of drug-likeness (QED) is 0.638. The number of carbonyl (C=O) groups excluding carboxylic acids is 2. The van der Waals surface area contributed by atoms with Crippen LogP contribution in [-0.2, 0) is 14.3 Å². The standard InChI is InChI=1S/C27H32N2O5/c1-4-27(3,25(32)29-14-13-17(2)23(29)24(30)31)16-28-26(33)34-15-22-20-11-7-5-9-18(20)19-10-6-8-12-21(19)22/h5-12,17,22-23H,4,13-16H2,1-3H3,(H,28,33)(H,30,31). The van der Waals surface area contributed by atoms with Gasteiger partial charge in [-0.3, -0.25) is 4.79 Å². The maximum atomic E-state index is 13.3. The molecular weight excluding hydrogens is 432 g/mol. The summed E-state index contributed by atoms with van der Waals surface area (Å²) in [5.41, 5.74) is 3.66. The number of hydrogen-bond acceptors (Lipinski definition) is 4. The molecule has 0 bridgehead atoms. The van der Waals surface area contributed by atoms with Gasteiger partial charge in [0, 0.05) is 19.0 Å². The van der Waals surface area contributed by atoms with Crippen molar-refractivity contribution in [1.29, 1.82) is 0 Å². The van der Waals surface area contributed by atoms with E-state index in [9.17, 15) is 19.5 Å². The largest absolute Gasteiger partial charge is 0.480 e. The highest BCUT2D eigenvalue weighted by atomic mass is 16.5. The van der Waals surface area contributed by atoms with E-state index in [1.54, 1.807) is 6.92 Å². The minimum atomic E-state index is -0.985. The van der Waals surface area contributed by atoms with Gasteiger partial charge < -0.3 is 20.1 Å². The third kappa shape index (κ3) is 4.27. The molecule has 1 saturated heterocycles. The van der Waals surface area contributed by atoms with Crippen LogP contribution < -0.4 is 5.32 Å². The van der Waals surface area contributed by atoms with Crippen molar-refractivity contribution in [2.24, 2.45) is 11.3 Å². The Kier molecular flexibility index (Phi) is 6.64. The summed E-state index contributed by atoms with van der Waals surface area (Å²) in [6, 6.07) is 15.4. The molecule has 1 aliphatic heterocycles. The van der Waals surface area contributed by atoms with Crippen molar-refractivity contribution in [3.8, 4) is 11.1 Å². The number of aliphatic carboxylic acids is 1. The van der Waals surface area contributed by atoms with Crippen LogP contribution in [0.2, 0.25) is 0 Å². The van der Waals surface area contributed by atoms with Crippen LogP contribution in [0.3, 0.4) is 0 Å². The van der Waals surface area contributed by atoms with Crippen molar-refractivity contribution in [2.45, 2.75) is 45.6 Å². The average Bonchev–Trinajstić information content (AvgIpc) is 3.38. The molecule has 3 unspecified atom stereocenters. The van der Waals surface area contributed by atoms with Crippen LogP contribution in [0.15, 0.2) is 48.5 Å². The highest BCUT2D eigenvalue weighted by Gasteiger charge is 2.45. The zero-order valence-corrected chi connectivity index (χ0v) is 19.9. The Labute approximate surface area is 200 Å². The number of carbonyl (C=O) groups is 3. The van der Waals surface area contributed by atoms with E-state index in [2.05, 4.69) is 29.6 Å². The van der Waals surface area contributed by atoms with E-state index in [0.717, 1.165) is 22.3 Å². The van der Waals surface area contributed by atoms with Crippen molar-refractivity contribution in [1.82, 2.24) is 10.2 Å². The Morgan fingerprint density at radius 1 is 1.09 bits per heavy atom. The number of carboxylic acid groups (broad SMARTS) is 1. The molecule has 0 saturated carbocycles. The smallest absolute Gasteiger partial charge is 0.407 e. The van der Waals surface area contributed by atoms with Crippen LogP contribution in [0.5, 0.6) is 0 Å². The summed E-state index contributed by atoms with van der Waals surface area (Å²) in [7, 11) is 0. The van der Waals surface area contributed by atoms with Crippen LogP contribution >= 0.6 is 0 Å². The van der Waals surface area contributed by atoms with Gasteiger partial charge in [-0.25, -0.2) is 9.59 Å². The number of benzene rings is 2.